The van der Waals surface area contributed by atoms with E-state index >= 15 is 0 Å². The molecule has 0 aliphatic carbocycles. The van der Waals surface area contributed by atoms with E-state index in [4.69, 9.17) is 5.11 Å². The van der Waals surface area contributed by atoms with Crippen LogP contribution in [0.3, 0.4) is 0 Å². The van der Waals surface area contributed by atoms with Gasteiger partial charge in [0.05, 0.1) is 5.56 Å². The predicted octanol–water partition coefficient (Wildman–Crippen LogP) is 2.39. The van der Waals surface area contributed by atoms with E-state index in [1.165, 1.54) is 19.1 Å². The molecule has 0 saturated carbocycles. The van der Waals surface area contributed by atoms with Gasteiger partial charge in [-0.1, -0.05) is 0 Å². The summed E-state index contributed by atoms with van der Waals surface area (Å²) in [6, 6.07) is 3.30. The molecule has 1 aromatic carbocycles. The highest BCUT2D eigenvalue weighted by atomic mass is 32.2. The van der Waals surface area contributed by atoms with Crippen molar-refractivity contribution in [3.05, 3.63) is 29.8 Å². The summed E-state index contributed by atoms with van der Waals surface area (Å²) in [7, 11) is 0. The van der Waals surface area contributed by atoms with Crippen LogP contribution in [-0.2, 0) is 15.8 Å². The fraction of sp³-hybridized carbons (Fsp3) is 0.333. The molecule has 0 aromatic heterocycles. The molecule has 0 fully saturated rings. The van der Waals surface area contributed by atoms with Crippen LogP contribution in [0.5, 0.6) is 0 Å². The zero-order valence-corrected chi connectivity index (χ0v) is 11.2. The van der Waals surface area contributed by atoms with Crippen molar-refractivity contribution in [1.82, 2.24) is 5.32 Å². The molecule has 110 valence electrons. The molecular weight excluding hydrogens is 295 g/mol. The first kappa shape index (κ1) is 16.4. The van der Waals surface area contributed by atoms with E-state index in [0.29, 0.717) is 4.90 Å². The number of nitrogens with one attached hydrogen (secondary N) is 1. The third-order valence-electron chi connectivity index (χ3n) is 2.27. The number of benzene rings is 1. The summed E-state index contributed by atoms with van der Waals surface area (Å²) < 4.78 is 37.1. The SMILES string of the molecule is CC(=O)NC(CSc1ccc(C(F)(F)F)cc1)C(=O)O. The maximum absolute atomic E-state index is 12.4. The van der Waals surface area contributed by atoms with Crippen LogP contribution in [0.1, 0.15) is 12.5 Å². The minimum atomic E-state index is -4.40. The Morgan fingerprint density at radius 2 is 1.85 bits per heavy atom. The van der Waals surface area contributed by atoms with Crippen molar-refractivity contribution in [2.75, 3.05) is 5.75 Å². The van der Waals surface area contributed by atoms with Crippen molar-refractivity contribution >= 4 is 23.6 Å². The number of carbonyl (C=O) groups excluding carboxylic acids is 1. The van der Waals surface area contributed by atoms with Gasteiger partial charge in [0.1, 0.15) is 6.04 Å². The quantitative estimate of drug-likeness (QED) is 0.820. The van der Waals surface area contributed by atoms with Gasteiger partial charge < -0.3 is 10.4 Å². The van der Waals surface area contributed by atoms with Gasteiger partial charge in [-0.05, 0) is 24.3 Å². The fourth-order valence-electron chi connectivity index (χ4n) is 1.34. The zero-order valence-electron chi connectivity index (χ0n) is 10.4. The lowest BCUT2D eigenvalue weighted by Gasteiger charge is -2.13. The maximum Gasteiger partial charge on any atom is 0.416 e. The number of aliphatic carboxylic acids is 1. The highest BCUT2D eigenvalue weighted by Crippen LogP contribution is 2.30. The molecule has 1 atom stereocenters. The lowest BCUT2D eigenvalue weighted by atomic mass is 10.2. The van der Waals surface area contributed by atoms with Crippen molar-refractivity contribution in [3.63, 3.8) is 0 Å². The van der Waals surface area contributed by atoms with E-state index in [0.717, 1.165) is 23.9 Å². The van der Waals surface area contributed by atoms with Crippen LogP contribution >= 0.6 is 11.8 Å². The number of carbonyl (C=O) groups is 2. The normalized spacial score (nSPS) is 12.8. The van der Waals surface area contributed by atoms with E-state index in [2.05, 4.69) is 5.32 Å². The van der Waals surface area contributed by atoms with Crippen LogP contribution in [0.25, 0.3) is 0 Å². The van der Waals surface area contributed by atoms with E-state index in [1.807, 2.05) is 0 Å². The number of amides is 1. The second kappa shape index (κ2) is 6.65. The molecule has 4 nitrogen and oxygen atoms in total. The largest absolute Gasteiger partial charge is 0.480 e. The Morgan fingerprint density at radius 1 is 1.30 bits per heavy atom. The molecule has 0 aliphatic rings. The second-order valence-electron chi connectivity index (χ2n) is 3.92. The van der Waals surface area contributed by atoms with Crippen LogP contribution in [0, 0.1) is 0 Å². The number of hydrogen-bond donors (Lipinski definition) is 2. The molecule has 0 radical (unpaired) electrons. The van der Waals surface area contributed by atoms with Gasteiger partial charge in [-0.3, -0.25) is 4.79 Å². The van der Waals surface area contributed by atoms with Crippen LogP contribution in [0.4, 0.5) is 13.2 Å². The lowest BCUT2D eigenvalue weighted by Crippen LogP contribution is -2.41. The number of alkyl halides is 3. The number of carboxylic acid groups (broad SMARTS) is 1. The Bertz CT molecular complexity index is 488. The van der Waals surface area contributed by atoms with Gasteiger partial charge in [0.25, 0.3) is 0 Å². The molecule has 8 heteroatoms. The van der Waals surface area contributed by atoms with Crippen LogP contribution in [-0.4, -0.2) is 28.8 Å². The third kappa shape index (κ3) is 5.12. The fourth-order valence-corrected chi connectivity index (χ4v) is 2.25. The smallest absolute Gasteiger partial charge is 0.416 e. The van der Waals surface area contributed by atoms with Crippen molar-refractivity contribution < 1.29 is 27.9 Å². The zero-order chi connectivity index (χ0) is 15.3. The van der Waals surface area contributed by atoms with Crippen molar-refractivity contribution in [2.24, 2.45) is 0 Å². The Kier molecular flexibility index (Phi) is 5.43. The summed E-state index contributed by atoms with van der Waals surface area (Å²) >= 11 is 1.06. The Labute approximate surface area is 117 Å². The molecule has 0 saturated heterocycles. The first-order valence-corrected chi connectivity index (χ1v) is 6.48. The number of rotatable bonds is 5. The van der Waals surface area contributed by atoms with E-state index in [1.54, 1.807) is 0 Å². The monoisotopic (exact) mass is 307 g/mol. The van der Waals surface area contributed by atoms with E-state index in [9.17, 15) is 22.8 Å². The molecule has 1 aromatic rings. The molecule has 0 aliphatic heterocycles. The summed E-state index contributed by atoms with van der Waals surface area (Å²) in [5.41, 5.74) is -0.765. The average molecular weight is 307 g/mol. The molecule has 0 heterocycles. The molecule has 1 amide bonds. The summed E-state index contributed by atoms with van der Waals surface area (Å²) in [5, 5.41) is 11.1. The topological polar surface area (TPSA) is 66.4 Å². The van der Waals surface area contributed by atoms with Gasteiger partial charge in [0.2, 0.25) is 5.91 Å². The van der Waals surface area contributed by atoms with Gasteiger partial charge in [0, 0.05) is 17.6 Å². The van der Waals surface area contributed by atoms with E-state index < -0.39 is 29.7 Å². The predicted molar refractivity (Wildman–Crippen MR) is 67.4 cm³/mol. The van der Waals surface area contributed by atoms with Gasteiger partial charge in [-0.15, -0.1) is 11.8 Å². The molecule has 2 N–H and O–H groups in total. The maximum atomic E-state index is 12.4. The number of thioether (sulfide) groups is 1. The van der Waals surface area contributed by atoms with Crippen molar-refractivity contribution in [1.29, 1.82) is 0 Å². The Morgan fingerprint density at radius 3 is 2.25 bits per heavy atom. The third-order valence-corrected chi connectivity index (χ3v) is 3.38. The van der Waals surface area contributed by atoms with Crippen LogP contribution in [0.15, 0.2) is 29.2 Å². The van der Waals surface area contributed by atoms with Gasteiger partial charge in [0.15, 0.2) is 0 Å². The van der Waals surface area contributed by atoms with Crippen LogP contribution in [0.2, 0.25) is 0 Å². The first-order chi connectivity index (χ1) is 9.20. The molecular formula is C12H12F3NO3S. The molecule has 0 bridgehead atoms. The summed E-state index contributed by atoms with van der Waals surface area (Å²) in [5.74, 6) is -1.65. The summed E-state index contributed by atoms with van der Waals surface area (Å²) in [6.45, 7) is 1.19. The van der Waals surface area contributed by atoms with Crippen LogP contribution < -0.4 is 5.32 Å². The molecule has 1 unspecified atom stereocenters. The average Bonchev–Trinajstić information content (AvgIpc) is 2.33. The molecule has 20 heavy (non-hydrogen) atoms. The summed E-state index contributed by atoms with van der Waals surface area (Å²) in [6.07, 6.45) is -4.40. The van der Waals surface area contributed by atoms with Gasteiger partial charge >= 0.3 is 12.1 Å². The standard InChI is InChI=1S/C12H12F3NO3S/c1-7(17)16-10(11(18)19)6-20-9-4-2-8(3-5-9)12(13,14)15/h2-5,10H,6H2,1H3,(H,16,17)(H,18,19). The minimum absolute atomic E-state index is 0.0281. The second-order valence-corrected chi connectivity index (χ2v) is 5.02. The highest BCUT2D eigenvalue weighted by Gasteiger charge is 2.30. The Hall–Kier alpha value is -1.70. The lowest BCUT2D eigenvalue weighted by molar-refractivity contribution is -0.140. The number of carboxylic acids is 1. The van der Waals surface area contributed by atoms with Gasteiger partial charge in [-0.2, -0.15) is 13.2 Å². The highest BCUT2D eigenvalue weighted by molar-refractivity contribution is 7.99. The molecule has 0 spiro atoms. The van der Waals surface area contributed by atoms with Crippen molar-refractivity contribution in [3.8, 4) is 0 Å². The number of halogens is 3. The minimum Gasteiger partial charge on any atom is -0.480 e. The Balaban J connectivity index is 2.64. The number of hydrogen-bond acceptors (Lipinski definition) is 3. The van der Waals surface area contributed by atoms with E-state index in [-0.39, 0.29) is 5.75 Å². The summed E-state index contributed by atoms with van der Waals surface area (Å²) in [4.78, 5) is 22.2. The molecule has 1 rings (SSSR count). The van der Waals surface area contributed by atoms with Gasteiger partial charge in [-0.25, -0.2) is 4.79 Å². The first-order valence-electron chi connectivity index (χ1n) is 5.50. The van der Waals surface area contributed by atoms with Crippen molar-refractivity contribution in [2.45, 2.75) is 24.0 Å².